The number of hydrogen-bond acceptors (Lipinski definition) is 9. The van der Waals surface area contributed by atoms with Gasteiger partial charge in [-0.1, -0.05) is 5.16 Å². The van der Waals surface area contributed by atoms with Crippen molar-refractivity contribution in [2.75, 3.05) is 12.4 Å². The Bertz CT molecular complexity index is 1090. The molecule has 1 fully saturated rings. The molecule has 2 unspecified atom stereocenters. The SMILES string of the molecule is CON=C(C(=O)NC1C(=O)N2C(C(=O)O)=C(C)C(C)S[C@H]12)c1csc(NC(=O)C(F)(F)F)n1. The third kappa shape index (κ3) is 4.66. The van der Waals surface area contributed by atoms with Gasteiger partial charge in [0.15, 0.2) is 10.8 Å². The summed E-state index contributed by atoms with van der Waals surface area (Å²) < 4.78 is 37.3. The molecule has 0 saturated carbocycles. The lowest BCUT2D eigenvalue weighted by Crippen LogP contribution is -2.71. The number of carboxylic acids is 1. The second kappa shape index (κ2) is 9.01. The van der Waals surface area contributed by atoms with Crippen molar-refractivity contribution in [2.45, 2.75) is 36.7 Å². The average molecular weight is 507 g/mol. The maximum absolute atomic E-state index is 12.8. The van der Waals surface area contributed by atoms with Crippen molar-refractivity contribution in [2.24, 2.45) is 5.16 Å². The van der Waals surface area contributed by atoms with Gasteiger partial charge in [-0.05, 0) is 19.4 Å². The molecule has 33 heavy (non-hydrogen) atoms. The van der Waals surface area contributed by atoms with E-state index in [1.165, 1.54) is 17.1 Å². The van der Waals surface area contributed by atoms with Gasteiger partial charge in [-0.25, -0.2) is 9.78 Å². The zero-order valence-electron chi connectivity index (χ0n) is 17.1. The van der Waals surface area contributed by atoms with Crippen molar-refractivity contribution in [3.8, 4) is 0 Å². The molecule has 178 valence electrons. The van der Waals surface area contributed by atoms with Crippen molar-refractivity contribution in [3.63, 3.8) is 0 Å². The number of carboxylic acid groups (broad SMARTS) is 1. The summed E-state index contributed by atoms with van der Waals surface area (Å²) in [6, 6.07) is -1.07. The van der Waals surface area contributed by atoms with Crippen LogP contribution in [0.1, 0.15) is 19.5 Å². The van der Waals surface area contributed by atoms with E-state index in [-0.39, 0.29) is 16.6 Å². The number of halogens is 3. The van der Waals surface area contributed by atoms with Crippen LogP contribution in [-0.4, -0.2) is 74.3 Å². The summed E-state index contributed by atoms with van der Waals surface area (Å²) in [4.78, 5) is 57.5. The van der Waals surface area contributed by atoms with Crippen molar-refractivity contribution < 1.29 is 42.3 Å². The van der Waals surface area contributed by atoms with E-state index in [4.69, 9.17) is 0 Å². The minimum atomic E-state index is -5.13. The smallest absolute Gasteiger partial charge is 0.471 e. The van der Waals surface area contributed by atoms with Gasteiger partial charge in [0.2, 0.25) is 0 Å². The summed E-state index contributed by atoms with van der Waals surface area (Å²) in [5.41, 5.74) is -0.282. The molecule has 1 aromatic heterocycles. The standard InChI is InChI=1S/C17H16F3N5O6S2/c1-5-6(2)33-13-9(12(27)25(13)10(5)14(28)29)22-11(26)8(24-31-3)7-4-32-16(21-7)23-15(30)17(18,19)20/h4,6,9,13H,1-3H3,(H,22,26)(H,28,29)(H,21,23,30)/t6?,9?,13-/m1/s1. The van der Waals surface area contributed by atoms with Crippen LogP contribution < -0.4 is 10.6 Å². The largest absolute Gasteiger partial charge is 0.477 e. The monoisotopic (exact) mass is 507 g/mol. The first-order valence-corrected chi connectivity index (χ1v) is 10.9. The lowest BCUT2D eigenvalue weighted by molar-refractivity contribution is -0.167. The van der Waals surface area contributed by atoms with E-state index in [1.54, 1.807) is 19.2 Å². The Kier molecular flexibility index (Phi) is 6.69. The summed E-state index contributed by atoms with van der Waals surface area (Å²) in [5, 5.41) is 16.8. The highest BCUT2D eigenvalue weighted by molar-refractivity contribution is 8.00. The fourth-order valence-electron chi connectivity index (χ4n) is 3.05. The number of hydrogen-bond donors (Lipinski definition) is 3. The van der Waals surface area contributed by atoms with E-state index in [2.05, 4.69) is 20.3 Å². The third-order valence-corrected chi connectivity index (χ3v) is 7.00. The number of thioether (sulfide) groups is 1. The molecule has 2 aliphatic rings. The Morgan fingerprint density at radius 1 is 1.33 bits per heavy atom. The number of amides is 3. The molecule has 0 bridgehead atoms. The average Bonchev–Trinajstić information content (AvgIpc) is 3.18. The quantitative estimate of drug-likeness (QED) is 0.295. The maximum atomic E-state index is 12.8. The summed E-state index contributed by atoms with van der Waals surface area (Å²) >= 11 is 1.90. The molecule has 3 atom stereocenters. The Morgan fingerprint density at radius 3 is 2.58 bits per heavy atom. The van der Waals surface area contributed by atoms with Crippen LogP contribution in [0.15, 0.2) is 21.8 Å². The van der Waals surface area contributed by atoms with Gasteiger partial charge < -0.3 is 15.3 Å². The first-order chi connectivity index (χ1) is 15.4. The van der Waals surface area contributed by atoms with Gasteiger partial charge in [0.1, 0.15) is 29.9 Å². The summed E-state index contributed by atoms with van der Waals surface area (Å²) in [5.74, 6) is -5.07. The van der Waals surface area contributed by atoms with Gasteiger partial charge in [-0.15, -0.1) is 23.1 Å². The Morgan fingerprint density at radius 2 is 2.00 bits per heavy atom. The molecule has 3 heterocycles. The lowest BCUT2D eigenvalue weighted by atomic mass is 10.0. The van der Waals surface area contributed by atoms with Crippen LogP contribution in [0.5, 0.6) is 0 Å². The number of anilines is 1. The molecule has 3 N–H and O–H groups in total. The predicted octanol–water partition coefficient (Wildman–Crippen LogP) is 1.14. The Balaban J connectivity index is 1.77. The van der Waals surface area contributed by atoms with Crippen LogP contribution in [0.2, 0.25) is 0 Å². The highest BCUT2D eigenvalue weighted by Gasteiger charge is 2.55. The van der Waals surface area contributed by atoms with Crippen molar-refractivity contribution in [1.82, 2.24) is 15.2 Å². The molecule has 11 nitrogen and oxygen atoms in total. The van der Waals surface area contributed by atoms with Gasteiger partial charge >= 0.3 is 18.1 Å². The zero-order chi connectivity index (χ0) is 24.7. The van der Waals surface area contributed by atoms with Crippen LogP contribution in [-0.2, 0) is 24.0 Å². The van der Waals surface area contributed by atoms with Crippen molar-refractivity contribution in [3.05, 3.63) is 22.3 Å². The van der Waals surface area contributed by atoms with Crippen LogP contribution in [0.3, 0.4) is 0 Å². The van der Waals surface area contributed by atoms with E-state index in [1.807, 2.05) is 0 Å². The maximum Gasteiger partial charge on any atom is 0.471 e. The molecular weight excluding hydrogens is 491 g/mol. The van der Waals surface area contributed by atoms with E-state index < -0.39 is 52.1 Å². The molecule has 2 aliphatic heterocycles. The predicted molar refractivity (Wildman–Crippen MR) is 110 cm³/mol. The van der Waals surface area contributed by atoms with Crippen LogP contribution in [0.4, 0.5) is 18.3 Å². The number of nitrogens with one attached hydrogen (secondary N) is 2. The number of thiazole rings is 1. The molecule has 1 aromatic rings. The second-order valence-electron chi connectivity index (χ2n) is 6.78. The topological polar surface area (TPSA) is 150 Å². The molecule has 0 spiro atoms. The van der Waals surface area contributed by atoms with Gasteiger partial charge in [-0.3, -0.25) is 24.6 Å². The number of carbonyl (C=O) groups is 4. The second-order valence-corrected chi connectivity index (χ2v) is 9.10. The highest BCUT2D eigenvalue weighted by Crippen LogP contribution is 2.43. The van der Waals surface area contributed by atoms with Gasteiger partial charge in [0, 0.05) is 10.6 Å². The lowest BCUT2D eigenvalue weighted by Gasteiger charge is -2.50. The van der Waals surface area contributed by atoms with Crippen LogP contribution >= 0.6 is 23.1 Å². The van der Waals surface area contributed by atoms with Crippen LogP contribution in [0.25, 0.3) is 0 Å². The zero-order valence-corrected chi connectivity index (χ0v) is 18.7. The van der Waals surface area contributed by atoms with Crippen molar-refractivity contribution in [1.29, 1.82) is 0 Å². The van der Waals surface area contributed by atoms with Gasteiger partial charge in [-0.2, -0.15) is 13.2 Å². The van der Waals surface area contributed by atoms with Crippen molar-refractivity contribution >= 4 is 57.6 Å². The number of oxime groups is 1. The number of rotatable bonds is 6. The Labute approximate surface area is 192 Å². The molecular formula is C17H16F3N5O6S2. The molecule has 16 heteroatoms. The Hall–Kier alpha value is -3.14. The number of aliphatic carboxylic acids is 1. The van der Waals surface area contributed by atoms with Gasteiger partial charge in [0.25, 0.3) is 11.8 Å². The summed E-state index contributed by atoms with van der Waals surface area (Å²) in [7, 11) is 1.12. The van der Waals surface area contributed by atoms with E-state index >= 15 is 0 Å². The normalized spacial score (nSPS) is 23.0. The fourth-order valence-corrected chi connectivity index (χ4v) is 5.15. The third-order valence-electron chi connectivity index (χ3n) is 4.72. The molecule has 0 aliphatic carbocycles. The first kappa shape index (κ1) is 24.5. The molecule has 1 saturated heterocycles. The summed E-state index contributed by atoms with van der Waals surface area (Å²) in [6.45, 7) is 3.38. The van der Waals surface area contributed by atoms with E-state index in [9.17, 15) is 37.5 Å². The van der Waals surface area contributed by atoms with Gasteiger partial charge in [0.05, 0.1) is 0 Å². The fraction of sp³-hybridized carbons (Fsp3) is 0.412. The number of β-lactam (4-membered cyclic amide) rings is 1. The highest BCUT2D eigenvalue weighted by atomic mass is 32.2. The molecule has 0 radical (unpaired) electrons. The number of fused-ring (bicyclic) bond motifs is 1. The first-order valence-electron chi connectivity index (χ1n) is 9.05. The van der Waals surface area contributed by atoms with Crippen LogP contribution in [0, 0.1) is 0 Å². The minimum absolute atomic E-state index is 0.142. The number of aromatic nitrogens is 1. The minimum Gasteiger partial charge on any atom is -0.477 e. The number of alkyl halides is 3. The molecule has 3 amide bonds. The number of nitrogens with zero attached hydrogens (tertiary/aromatic N) is 3. The molecule has 0 aromatic carbocycles. The van der Waals surface area contributed by atoms with E-state index in [0.29, 0.717) is 16.9 Å². The number of carbonyl (C=O) groups excluding carboxylic acids is 3. The molecule has 3 rings (SSSR count). The summed E-state index contributed by atoms with van der Waals surface area (Å²) in [6.07, 6.45) is -5.13. The van der Waals surface area contributed by atoms with E-state index in [0.717, 1.165) is 12.0 Å².